The molecule has 0 amide bonds. The maximum absolute atomic E-state index is 12.8. The number of hydrogen-bond acceptors (Lipinski definition) is 6. The van der Waals surface area contributed by atoms with E-state index in [1.807, 2.05) is 84.9 Å². The molecule has 4 heterocycles. The van der Waals surface area contributed by atoms with Gasteiger partial charge in [0.05, 0.1) is 22.2 Å². The van der Waals surface area contributed by atoms with Crippen LogP contribution in [0.3, 0.4) is 0 Å². The van der Waals surface area contributed by atoms with E-state index in [-0.39, 0.29) is 0 Å². The summed E-state index contributed by atoms with van der Waals surface area (Å²) >= 11 is 0. The van der Waals surface area contributed by atoms with Gasteiger partial charge in [0.15, 0.2) is 23.0 Å². The fourth-order valence-electron chi connectivity index (χ4n) is 8.60. The first-order chi connectivity index (χ1) is 27.6. The van der Waals surface area contributed by atoms with Gasteiger partial charge in [-0.3, -0.25) is 9.11 Å². The van der Waals surface area contributed by atoms with Crippen molar-refractivity contribution in [3.63, 3.8) is 0 Å². The van der Waals surface area contributed by atoms with Gasteiger partial charge < -0.3 is 18.3 Å². The van der Waals surface area contributed by atoms with Crippen LogP contribution >= 0.6 is 0 Å². The van der Waals surface area contributed by atoms with Crippen LogP contribution in [0.25, 0.3) is 77.3 Å². The Labute approximate surface area is 323 Å². The van der Waals surface area contributed by atoms with E-state index in [0.717, 1.165) is 105 Å². The minimum atomic E-state index is -1.17. The highest BCUT2D eigenvalue weighted by Gasteiger charge is 2.36. The lowest BCUT2D eigenvalue weighted by Crippen LogP contribution is -2.20. The molecule has 0 saturated carbocycles. The van der Waals surface area contributed by atoms with Crippen molar-refractivity contribution < 1.29 is 22.5 Å². The summed E-state index contributed by atoms with van der Waals surface area (Å²) in [4.78, 5) is 3.02. The first-order valence-electron chi connectivity index (χ1n) is 18.4. The van der Waals surface area contributed by atoms with Crippen molar-refractivity contribution >= 4 is 71.7 Å². The Morgan fingerprint density at radius 2 is 0.911 bits per heavy atom. The molecule has 2 aliphatic heterocycles. The monoisotopic (exact) mass is 743 g/mol. The van der Waals surface area contributed by atoms with Crippen molar-refractivity contribution in [2.75, 3.05) is 11.2 Å². The first-order valence-corrected chi connectivity index (χ1v) is 20.0. The minimum absolute atomic E-state index is 0.670. The summed E-state index contributed by atoms with van der Waals surface area (Å²) in [6.45, 7) is 0. The van der Waals surface area contributed by atoms with Gasteiger partial charge in [0.25, 0.3) is 0 Å². The molecule has 7 heteroatoms. The molecule has 12 rings (SSSR count). The van der Waals surface area contributed by atoms with Crippen molar-refractivity contribution in [1.29, 1.82) is 0 Å². The molecule has 0 fully saturated rings. The van der Waals surface area contributed by atoms with E-state index >= 15 is 0 Å². The zero-order valence-corrected chi connectivity index (χ0v) is 30.7. The molecule has 0 saturated heterocycles. The van der Waals surface area contributed by atoms with Crippen molar-refractivity contribution in [1.82, 2.24) is 0 Å². The van der Waals surface area contributed by atoms with E-state index in [1.165, 1.54) is 0 Å². The summed E-state index contributed by atoms with van der Waals surface area (Å²) in [5.41, 5.74) is 11.8. The molecule has 8 aromatic carbocycles. The van der Waals surface area contributed by atoms with E-state index in [9.17, 15) is 4.21 Å². The Bertz CT molecular complexity index is 3320. The number of para-hydroxylation sites is 2. The fourth-order valence-corrected chi connectivity index (χ4v) is 9.37. The second kappa shape index (κ2) is 11.7. The normalized spacial score (nSPS) is 13.3. The average Bonchev–Trinajstić information content (AvgIpc) is 3.82. The standard InChI is InChI=1S/C49H29NO5S/c1-56(51)46-19-7-4-10-31(46)28-20-22-36-42(24-28)54-44-26-30(33-14-9-18-41-48(33)35-12-3-6-16-39(35)53-41)27-45-49(44)50(36)37-23-21-29(25-43(37)55-45)32-13-8-17-40-47(32)34-11-2-5-15-38(34)52-40/h2-27H,1H3. The fraction of sp³-hybridized carbons (Fsp3) is 0.0204. The van der Waals surface area contributed by atoms with E-state index in [4.69, 9.17) is 18.3 Å². The number of anilines is 3. The largest absolute Gasteiger partial charge is 0.456 e. The van der Waals surface area contributed by atoms with Gasteiger partial charge in [-0.15, -0.1) is 0 Å². The highest BCUT2D eigenvalue weighted by atomic mass is 32.2. The third-order valence-electron chi connectivity index (χ3n) is 11.0. The van der Waals surface area contributed by atoms with Crippen LogP contribution < -0.4 is 14.4 Å². The summed E-state index contributed by atoms with van der Waals surface area (Å²) in [5, 5.41) is 4.23. The van der Waals surface area contributed by atoms with E-state index < -0.39 is 10.8 Å². The van der Waals surface area contributed by atoms with Gasteiger partial charge in [-0.2, -0.15) is 0 Å². The molecule has 0 spiro atoms. The molecule has 0 radical (unpaired) electrons. The minimum Gasteiger partial charge on any atom is -0.456 e. The van der Waals surface area contributed by atoms with E-state index in [0.29, 0.717) is 17.2 Å². The maximum Gasteiger partial charge on any atom is 0.156 e. The summed E-state index contributed by atoms with van der Waals surface area (Å²) in [7, 11) is -1.17. The SMILES string of the molecule is CS(=O)c1ccccc1-c1ccc2c(c1)Oc1cc(-c3cccc4oc5ccccc5c34)cc3c1N2c1ccc(-c2cccc4oc5ccccc5c24)cc1O3. The van der Waals surface area contributed by atoms with Gasteiger partial charge in [0, 0.05) is 32.7 Å². The van der Waals surface area contributed by atoms with Gasteiger partial charge in [0.2, 0.25) is 0 Å². The van der Waals surface area contributed by atoms with Crippen LogP contribution in [-0.4, -0.2) is 10.5 Å². The number of fused-ring (bicyclic) bond motifs is 10. The van der Waals surface area contributed by atoms with Crippen molar-refractivity contribution in [3.05, 3.63) is 158 Å². The van der Waals surface area contributed by atoms with Crippen LogP contribution in [-0.2, 0) is 10.8 Å². The highest BCUT2D eigenvalue weighted by Crippen LogP contribution is 2.61. The van der Waals surface area contributed by atoms with Crippen LogP contribution in [0, 0.1) is 0 Å². The summed E-state index contributed by atoms with van der Waals surface area (Å²) in [6, 6.07) is 53.3. The molecular formula is C49H29NO5S. The number of furan rings is 2. The Hall–Kier alpha value is -7.09. The van der Waals surface area contributed by atoms with Crippen molar-refractivity contribution in [2.24, 2.45) is 0 Å². The molecule has 6 nitrogen and oxygen atoms in total. The Kier molecular flexibility index (Phi) is 6.54. The van der Waals surface area contributed by atoms with Crippen LogP contribution in [0.5, 0.6) is 23.0 Å². The van der Waals surface area contributed by atoms with Gasteiger partial charge in [-0.1, -0.05) is 91.0 Å². The molecule has 10 aromatic rings. The van der Waals surface area contributed by atoms with Gasteiger partial charge in [0.1, 0.15) is 28.0 Å². The highest BCUT2D eigenvalue weighted by molar-refractivity contribution is 7.84. The Morgan fingerprint density at radius 1 is 0.446 bits per heavy atom. The summed E-state index contributed by atoms with van der Waals surface area (Å²) < 4.78 is 39.2. The quantitative estimate of drug-likeness (QED) is 0.179. The Morgan fingerprint density at radius 3 is 1.50 bits per heavy atom. The number of hydrogen-bond donors (Lipinski definition) is 0. The van der Waals surface area contributed by atoms with Gasteiger partial charge in [-0.05, 0) is 100 Å². The second-order valence-corrected chi connectivity index (χ2v) is 15.6. The number of benzene rings is 8. The molecule has 0 N–H and O–H groups in total. The molecule has 1 atom stereocenters. The Balaban J connectivity index is 1.08. The summed E-state index contributed by atoms with van der Waals surface area (Å²) in [5.74, 6) is 2.76. The smallest absolute Gasteiger partial charge is 0.156 e. The zero-order chi connectivity index (χ0) is 37.1. The molecule has 2 aromatic heterocycles. The molecule has 2 aliphatic rings. The lowest BCUT2D eigenvalue weighted by atomic mass is 9.95. The van der Waals surface area contributed by atoms with E-state index in [2.05, 4.69) is 77.7 Å². The number of rotatable bonds is 4. The van der Waals surface area contributed by atoms with Crippen LogP contribution in [0.2, 0.25) is 0 Å². The third-order valence-corrected chi connectivity index (χ3v) is 12.0. The lowest BCUT2D eigenvalue weighted by Gasteiger charge is -2.38. The van der Waals surface area contributed by atoms with Crippen molar-refractivity contribution in [2.45, 2.75) is 4.90 Å². The van der Waals surface area contributed by atoms with Crippen LogP contribution in [0.15, 0.2) is 171 Å². The average molecular weight is 744 g/mol. The zero-order valence-electron chi connectivity index (χ0n) is 29.9. The number of ether oxygens (including phenoxy) is 2. The second-order valence-electron chi connectivity index (χ2n) is 14.2. The van der Waals surface area contributed by atoms with Gasteiger partial charge >= 0.3 is 0 Å². The maximum atomic E-state index is 12.8. The topological polar surface area (TPSA) is 65.0 Å². The molecule has 0 bridgehead atoms. The molecule has 56 heavy (non-hydrogen) atoms. The third kappa shape index (κ3) is 4.52. The lowest BCUT2D eigenvalue weighted by molar-refractivity contribution is 0.446. The van der Waals surface area contributed by atoms with Crippen LogP contribution in [0.1, 0.15) is 0 Å². The molecule has 0 aliphatic carbocycles. The molecule has 1 unspecified atom stereocenters. The number of nitrogens with zero attached hydrogens (tertiary/aromatic N) is 1. The predicted molar refractivity (Wildman–Crippen MR) is 224 cm³/mol. The van der Waals surface area contributed by atoms with E-state index in [1.54, 1.807) is 6.26 Å². The predicted octanol–water partition coefficient (Wildman–Crippen LogP) is 13.9. The van der Waals surface area contributed by atoms with Crippen molar-refractivity contribution in [3.8, 4) is 56.4 Å². The molecule has 266 valence electrons. The summed E-state index contributed by atoms with van der Waals surface area (Å²) in [6.07, 6.45) is 1.71. The first kappa shape index (κ1) is 31.3. The van der Waals surface area contributed by atoms with Gasteiger partial charge in [-0.25, -0.2) is 0 Å². The van der Waals surface area contributed by atoms with Crippen LogP contribution in [0.4, 0.5) is 17.1 Å². The molecular weight excluding hydrogens is 715 g/mol.